The molecular formula is C20H30N4O2S2. The van der Waals surface area contributed by atoms with Crippen LogP contribution in [0.4, 0.5) is 0 Å². The largest absolute Gasteiger partial charge is 0.299 e. The van der Waals surface area contributed by atoms with E-state index in [1.54, 1.807) is 30.0 Å². The van der Waals surface area contributed by atoms with Crippen molar-refractivity contribution < 1.29 is 8.42 Å². The van der Waals surface area contributed by atoms with Crippen LogP contribution >= 0.6 is 11.8 Å². The van der Waals surface area contributed by atoms with Crippen molar-refractivity contribution in [2.75, 3.05) is 18.8 Å². The third kappa shape index (κ3) is 4.85. The molecule has 2 rings (SSSR count). The first kappa shape index (κ1) is 22.6. The number of nitrogens with zero attached hydrogens (tertiary/aromatic N) is 4. The van der Waals surface area contributed by atoms with Gasteiger partial charge < -0.3 is 0 Å². The lowest BCUT2D eigenvalue weighted by atomic mass is 10.2. The van der Waals surface area contributed by atoms with Gasteiger partial charge in [-0.2, -0.15) is 4.31 Å². The molecule has 28 heavy (non-hydrogen) atoms. The summed E-state index contributed by atoms with van der Waals surface area (Å²) >= 11 is 1.60. The summed E-state index contributed by atoms with van der Waals surface area (Å²) in [6.45, 7) is 14.7. The molecule has 0 amide bonds. The van der Waals surface area contributed by atoms with Gasteiger partial charge in [-0.25, -0.2) is 8.42 Å². The third-order valence-electron chi connectivity index (χ3n) is 4.58. The Balaban J connectivity index is 2.52. The van der Waals surface area contributed by atoms with Crippen LogP contribution in [0.3, 0.4) is 0 Å². The smallest absolute Gasteiger partial charge is 0.243 e. The minimum Gasteiger partial charge on any atom is -0.299 e. The number of sulfonamides is 1. The summed E-state index contributed by atoms with van der Waals surface area (Å²) < 4.78 is 29.4. The fourth-order valence-corrected chi connectivity index (χ4v) is 5.23. The van der Waals surface area contributed by atoms with E-state index in [0.717, 1.165) is 28.5 Å². The van der Waals surface area contributed by atoms with E-state index in [1.165, 1.54) is 4.31 Å². The lowest BCUT2D eigenvalue weighted by molar-refractivity contribution is 0.445. The molecule has 0 spiro atoms. The third-order valence-corrected chi connectivity index (χ3v) is 7.80. The molecule has 0 bridgehead atoms. The summed E-state index contributed by atoms with van der Waals surface area (Å²) in [5.41, 5.74) is 1.82. The van der Waals surface area contributed by atoms with Crippen LogP contribution in [0.15, 0.2) is 46.5 Å². The maximum absolute atomic E-state index is 12.9. The molecule has 0 N–H and O–H groups in total. The molecule has 0 aliphatic carbocycles. The van der Waals surface area contributed by atoms with Gasteiger partial charge in [0.25, 0.3) is 0 Å². The highest BCUT2D eigenvalue weighted by Gasteiger charge is 2.24. The van der Waals surface area contributed by atoms with E-state index in [4.69, 9.17) is 0 Å². The minimum atomic E-state index is -3.53. The number of hydrogen-bond donors (Lipinski definition) is 0. The van der Waals surface area contributed by atoms with Crippen LogP contribution in [0.25, 0.3) is 11.4 Å². The number of benzene rings is 1. The monoisotopic (exact) mass is 422 g/mol. The van der Waals surface area contributed by atoms with Crippen molar-refractivity contribution in [2.24, 2.45) is 0 Å². The summed E-state index contributed by atoms with van der Waals surface area (Å²) in [6.07, 6.45) is 0.920. The van der Waals surface area contributed by atoms with E-state index in [1.807, 2.05) is 26.8 Å². The first-order valence-corrected chi connectivity index (χ1v) is 12.0. The van der Waals surface area contributed by atoms with Crippen LogP contribution in [-0.4, -0.2) is 46.3 Å². The molecule has 0 aliphatic rings. The molecule has 0 saturated heterocycles. The predicted molar refractivity (Wildman–Crippen MR) is 116 cm³/mol. The lowest BCUT2D eigenvalue weighted by Gasteiger charge is -2.19. The molecule has 0 unspecified atom stereocenters. The number of hydrogen-bond acceptors (Lipinski definition) is 5. The van der Waals surface area contributed by atoms with Gasteiger partial charge in [0, 0.05) is 30.4 Å². The first-order valence-electron chi connectivity index (χ1n) is 9.58. The van der Waals surface area contributed by atoms with Crippen LogP contribution in [0.2, 0.25) is 0 Å². The van der Waals surface area contributed by atoms with Crippen molar-refractivity contribution in [3.8, 4) is 11.4 Å². The van der Waals surface area contributed by atoms with E-state index < -0.39 is 10.0 Å². The minimum absolute atomic E-state index is 0.195. The van der Waals surface area contributed by atoms with Gasteiger partial charge in [-0.1, -0.05) is 56.8 Å². The van der Waals surface area contributed by atoms with Crippen LogP contribution in [0, 0.1) is 0 Å². The predicted octanol–water partition coefficient (Wildman–Crippen LogP) is 4.61. The van der Waals surface area contributed by atoms with Crippen molar-refractivity contribution in [3.63, 3.8) is 0 Å². The molecule has 0 radical (unpaired) electrons. The fraction of sp³-hybridized carbons (Fsp3) is 0.500. The molecule has 1 aromatic heterocycles. The van der Waals surface area contributed by atoms with Crippen LogP contribution in [0.5, 0.6) is 0 Å². The van der Waals surface area contributed by atoms with Gasteiger partial charge in [0.05, 0.1) is 4.90 Å². The average molecular weight is 423 g/mol. The Morgan fingerprint density at radius 2 is 1.93 bits per heavy atom. The normalized spacial score (nSPS) is 13.1. The van der Waals surface area contributed by atoms with Crippen molar-refractivity contribution in [1.29, 1.82) is 0 Å². The van der Waals surface area contributed by atoms with E-state index in [2.05, 4.69) is 35.2 Å². The molecule has 6 nitrogen and oxygen atoms in total. The zero-order valence-electron chi connectivity index (χ0n) is 17.3. The van der Waals surface area contributed by atoms with E-state index >= 15 is 0 Å². The number of thioether (sulfide) groups is 1. The molecule has 154 valence electrons. The van der Waals surface area contributed by atoms with Gasteiger partial charge in [-0.3, -0.25) is 4.57 Å². The Labute approximate surface area is 173 Å². The summed E-state index contributed by atoms with van der Waals surface area (Å²) in [4.78, 5) is 0.281. The van der Waals surface area contributed by atoms with E-state index in [0.29, 0.717) is 18.9 Å². The maximum Gasteiger partial charge on any atom is 0.243 e. The van der Waals surface area contributed by atoms with Crippen LogP contribution < -0.4 is 0 Å². The topological polar surface area (TPSA) is 68.1 Å². The van der Waals surface area contributed by atoms with Crippen molar-refractivity contribution in [1.82, 2.24) is 19.1 Å². The highest BCUT2D eigenvalue weighted by molar-refractivity contribution is 7.99. The van der Waals surface area contributed by atoms with Gasteiger partial charge in [-0.05, 0) is 32.4 Å². The van der Waals surface area contributed by atoms with Crippen molar-refractivity contribution in [2.45, 2.75) is 57.1 Å². The van der Waals surface area contributed by atoms with Crippen LogP contribution in [-0.2, 0) is 10.0 Å². The molecule has 0 saturated carbocycles. The lowest BCUT2D eigenvalue weighted by Crippen LogP contribution is -2.30. The Hall–Kier alpha value is -1.64. The molecule has 0 aliphatic heterocycles. The molecule has 8 heteroatoms. The number of rotatable bonds is 10. The zero-order chi connectivity index (χ0) is 20.9. The Bertz CT molecular complexity index is 918. The highest BCUT2D eigenvalue weighted by atomic mass is 32.2. The van der Waals surface area contributed by atoms with Gasteiger partial charge in [-0.15, -0.1) is 10.2 Å². The second kappa shape index (κ2) is 9.71. The quantitative estimate of drug-likeness (QED) is 0.413. The molecule has 2 aromatic rings. The molecular weight excluding hydrogens is 392 g/mol. The summed E-state index contributed by atoms with van der Waals surface area (Å²) in [7, 11) is -3.53. The van der Waals surface area contributed by atoms with Crippen LogP contribution in [0.1, 0.15) is 47.1 Å². The van der Waals surface area contributed by atoms with Crippen molar-refractivity contribution in [3.05, 3.63) is 36.4 Å². The van der Waals surface area contributed by atoms with Gasteiger partial charge in [0.15, 0.2) is 11.0 Å². The second-order valence-electron chi connectivity index (χ2n) is 6.80. The summed E-state index contributed by atoms with van der Waals surface area (Å²) in [5, 5.41) is 9.59. The standard InChI is InChI=1S/C20H30N4O2S2/c1-7-16(6)24-19(21-22-20(24)27-14-15(4)5)17-11-10-12-18(13-17)28(25,26)23(8-2)9-3/h10-13,16H,4,7-9,14H2,1-3,5-6H3/t16-/m1/s1. The molecule has 1 heterocycles. The summed E-state index contributed by atoms with van der Waals surface area (Å²) in [5.74, 6) is 1.46. The SMILES string of the molecule is C=C(C)CSc1nnc(-c2cccc(S(=O)(=O)N(CC)CC)c2)n1[C@H](C)CC. The second-order valence-corrected chi connectivity index (χ2v) is 9.68. The fourth-order valence-electron chi connectivity index (χ4n) is 2.85. The van der Waals surface area contributed by atoms with Crippen molar-refractivity contribution >= 4 is 21.8 Å². The van der Waals surface area contributed by atoms with Gasteiger partial charge in [0.1, 0.15) is 0 Å². The first-order chi connectivity index (χ1) is 13.3. The maximum atomic E-state index is 12.9. The van der Waals surface area contributed by atoms with Gasteiger partial charge in [0.2, 0.25) is 10.0 Å². The Kier molecular flexibility index (Phi) is 7.86. The van der Waals surface area contributed by atoms with E-state index in [-0.39, 0.29) is 10.9 Å². The molecule has 1 aromatic carbocycles. The van der Waals surface area contributed by atoms with Gasteiger partial charge >= 0.3 is 0 Å². The highest BCUT2D eigenvalue weighted by Crippen LogP contribution is 2.31. The summed E-state index contributed by atoms with van der Waals surface area (Å²) in [6, 6.07) is 7.18. The molecule has 0 fully saturated rings. The Morgan fingerprint density at radius 3 is 2.50 bits per heavy atom. The number of aromatic nitrogens is 3. The Morgan fingerprint density at radius 1 is 1.25 bits per heavy atom. The molecule has 1 atom stereocenters. The zero-order valence-corrected chi connectivity index (χ0v) is 19.0. The average Bonchev–Trinajstić information content (AvgIpc) is 3.10. The van der Waals surface area contributed by atoms with E-state index in [9.17, 15) is 8.42 Å².